The Balaban J connectivity index is 1.56. The fourth-order valence-corrected chi connectivity index (χ4v) is 7.55. The zero-order valence-corrected chi connectivity index (χ0v) is 16.8. The standard InChI is InChI=1S/C26H32/c1-18-5-9-21(10-6-18)24(4)15-23-16-25(22-11-7-19(2)8-12-22)13-20(3)14-26(23,25)17-24/h5-12,20,23H,13-17H2,1-4H3. The molecule has 0 saturated heterocycles. The van der Waals surface area contributed by atoms with Gasteiger partial charge in [0.05, 0.1) is 0 Å². The van der Waals surface area contributed by atoms with E-state index in [-0.39, 0.29) is 0 Å². The first-order chi connectivity index (χ1) is 12.4. The lowest BCUT2D eigenvalue weighted by atomic mass is 9.44. The second-order valence-electron chi connectivity index (χ2n) is 10.3. The Morgan fingerprint density at radius 2 is 1.31 bits per heavy atom. The van der Waals surface area contributed by atoms with Crippen LogP contribution in [-0.2, 0) is 10.8 Å². The molecule has 5 rings (SSSR count). The molecule has 0 nitrogen and oxygen atoms in total. The third-order valence-electron chi connectivity index (χ3n) is 8.49. The molecule has 0 aromatic heterocycles. The first-order valence-electron chi connectivity index (χ1n) is 10.5. The van der Waals surface area contributed by atoms with Crippen molar-refractivity contribution in [1.29, 1.82) is 0 Å². The molecule has 3 fully saturated rings. The van der Waals surface area contributed by atoms with Gasteiger partial charge in [0, 0.05) is 5.41 Å². The highest BCUT2D eigenvalue weighted by molar-refractivity contribution is 5.43. The van der Waals surface area contributed by atoms with Crippen LogP contribution in [-0.4, -0.2) is 0 Å². The Morgan fingerprint density at radius 1 is 0.731 bits per heavy atom. The number of hydrogen-bond donors (Lipinski definition) is 0. The monoisotopic (exact) mass is 344 g/mol. The lowest BCUT2D eigenvalue weighted by Crippen LogP contribution is -2.55. The third-order valence-corrected chi connectivity index (χ3v) is 8.49. The molecule has 3 saturated carbocycles. The van der Waals surface area contributed by atoms with Crippen molar-refractivity contribution in [3.05, 3.63) is 70.8 Å². The van der Waals surface area contributed by atoms with Crippen LogP contribution in [0.4, 0.5) is 0 Å². The van der Waals surface area contributed by atoms with Gasteiger partial charge in [-0.15, -0.1) is 0 Å². The Bertz CT molecular complexity index is 829. The van der Waals surface area contributed by atoms with E-state index in [4.69, 9.17) is 0 Å². The van der Waals surface area contributed by atoms with Gasteiger partial charge < -0.3 is 0 Å². The van der Waals surface area contributed by atoms with E-state index >= 15 is 0 Å². The van der Waals surface area contributed by atoms with Gasteiger partial charge in [-0.2, -0.15) is 0 Å². The number of benzene rings is 2. The van der Waals surface area contributed by atoms with Gasteiger partial charge in [-0.1, -0.05) is 73.5 Å². The molecule has 5 atom stereocenters. The molecule has 1 spiro atoms. The summed E-state index contributed by atoms with van der Waals surface area (Å²) in [5.74, 6) is 1.78. The van der Waals surface area contributed by atoms with Crippen molar-refractivity contribution in [3.8, 4) is 0 Å². The molecular weight excluding hydrogens is 312 g/mol. The van der Waals surface area contributed by atoms with Crippen LogP contribution >= 0.6 is 0 Å². The minimum Gasteiger partial charge on any atom is -0.0625 e. The molecular formula is C26H32. The van der Waals surface area contributed by atoms with Crippen LogP contribution < -0.4 is 0 Å². The average Bonchev–Trinajstić information content (AvgIpc) is 2.96. The Labute approximate surface area is 159 Å². The molecule has 0 radical (unpaired) electrons. The summed E-state index contributed by atoms with van der Waals surface area (Å²) in [6.07, 6.45) is 7.02. The minimum absolute atomic E-state index is 0.356. The van der Waals surface area contributed by atoms with Gasteiger partial charge in [0.25, 0.3) is 0 Å². The van der Waals surface area contributed by atoms with E-state index in [1.165, 1.54) is 43.2 Å². The smallest absolute Gasteiger partial charge is 0.00178 e. The fourth-order valence-electron chi connectivity index (χ4n) is 7.55. The van der Waals surface area contributed by atoms with E-state index < -0.39 is 0 Å². The minimum atomic E-state index is 0.356. The second-order valence-corrected chi connectivity index (χ2v) is 10.3. The summed E-state index contributed by atoms with van der Waals surface area (Å²) >= 11 is 0. The summed E-state index contributed by atoms with van der Waals surface area (Å²) in [5, 5.41) is 0. The average molecular weight is 345 g/mol. The molecule has 0 heterocycles. The van der Waals surface area contributed by atoms with Gasteiger partial charge in [0.2, 0.25) is 0 Å². The number of hydrogen-bond acceptors (Lipinski definition) is 0. The van der Waals surface area contributed by atoms with E-state index in [0.717, 1.165) is 11.8 Å². The van der Waals surface area contributed by atoms with Crippen molar-refractivity contribution < 1.29 is 0 Å². The fraction of sp³-hybridized carbons (Fsp3) is 0.538. The van der Waals surface area contributed by atoms with Crippen molar-refractivity contribution in [2.75, 3.05) is 0 Å². The predicted molar refractivity (Wildman–Crippen MR) is 110 cm³/mol. The molecule has 2 aromatic carbocycles. The van der Waals surface area contributed by atoms with E-state index in [0.29, 0.717) is 16.2 Å². The summed E-state index contributed by atoms with van der Waals surface area (Å²) in [5.41, 5.74) is 7.32. The lowest BCUT2D eigenvalue weighted by molar-refractivity contribution is -0.0347. The van der Waals surface area contributed by atoms with Gasteiger partial charge in [-0.25, -0.2) is 0 Å². The van der Waals surface area contributed by atoms with Gasteiger partial charge >= 0.3 is 0 Å². The van der Waals surface area contributed by atoms with Gasteiger partial charge in [0.15, 0.2) is 0 Å². The second kappa shape index (κ2) is 5.24. The Morgan fingerprint density at radius 3 is 1.92 bits per heavy atom. The molecule has 0 heteroatoms. The first-order valence-corrected chi connectivity index (χ1v) is 10.5. The largest absolute Gasteiger partial charge is 0.0625 e. The SMILES string of the molecule is Cc1ccc(C2(C)CC3CC4(c5ccc(C)cc5)CC(C)CC34C2)cc1. The van der Waals surface area contributed by atoms with Gasteiger partial charge in [0.1, 0.15) is 0 Å². The topological polar surface area (TPSA) is 0 Å². The highest BCUT2D eigenvalue weighted by Gasteiger charge is 2.73. The Hall–Kier alpha value is -1.56. The summed E-state index contributed by atoms with van der Waals surface area (Å²) < 4.78 is 0. The van der Waals surface area contributed by atoms with Crippen molar-refractivity contribution in [3.63, 3.8) is 0 Å². The molecule has 5 unspecified atom stereocenters. The molecule has 0 aliphatic heterocycles. The van der Waals surface area contributed by atoms with E-state index in [1.807, 2.05) is 0 Å². The highest BCUT2D eigenvalue weighted by Crippen LogP contribution is 2.79. The molecule has 3 aliphatic rings. The third kappa shape index (κ3) is 2.02. The zero-order chi connectivity index (χ0) is 18.2. The molecule has 136 valence electrons. The molecule has 3 aliphatic carbocycles. The van der Waals surface area contributed by atoms with Crippen LogP contribution in [0.2, 0.25) is 0 Å². The maximum absolute atomic E-state index is 2.55. The first kappa shape index (κ1) is 16.6. The van der Waals surface area contributed by atoms with Crippen molar-refractivity contribution in [2.24, 2.45) is 17.3 Å². The summed E-state index contributed by atoms with van der Waals surface area (Å²) in [6, 6.07) is 19.0. The summed E-state index contributed by atoms with van der Waals surface area (Å²) in [7, 11) is 0. The van der Waals surface area contributed by atoms with Gasteiger partial charge in [-0.05, 0) is 79.7 Å². The normalized spacial score (nSPS) is 40.8. The van der Waals surface area contributed by atoms with E-state index in [9.17, 15) is 0 Å². The van der Waals surface area contributed by atoms with E-state index in [1.54, 1.807) is 11.1 Å². The van der Waals surface area contributed by atoms with Crippen LogP contribution in [0.5, 0.6) is 0 Å². The van der Waals surface area contributed by atoms with Crippen molar-refractivity contribution in [2.45, 2.75) is 70.6 Å². The maximum Gasteiger partial charge on any atom is 0.00178 e. The molecule has 26 heavy (non-hydrogen) atoms. The maximum atomic E-state index is 2.55. The summed E-state index contributed by atoms with van der Waals surface area (Å²) in [6.45, 7) is 9.46. The zero-order valence-electron chi connectivity index (χ0n) is 16.8. The van der Waals surface area contributed by atoms with Crippen LogP contribution in [0, 0.1) is 31.1 Å². The predicted octanol–water partition coefficient (Wildman–Crippen LogP) is 6.73. The lowest BCUT2D eigenvalue weighted by Gasteiger charge is -2.59. The number of aryl methyl sites for hydroxylation is 2. The summed E-state index contributed by atoms with van der Waals surface area (Å²) in [4.78, 5) is 0. The van der Waals surface area contributed by atoms with E-state index in [2.05, 4.69) is 76.2 Å². The molecule has 2 aromatic rings. The molecule has 0 N–H and O–H groups in total. The van der Waals surface area contributed by atoms with Gasteiger partial charge in [-0.3, -0.25) is 0 Å². The van der Waals surface area contributed by atoms with Crippen LogP contribution in [0.1, 0.15) is 68.2 Å². The van der Waals surface area contributed by atoms with Crippen LogP contribution in [0.3, 0.4) is 0 Å². The Kier molecular flexibility index (Phi) is 3.35. The van der Waals surface area contributed by atoms with Crippen molar-refractivity contribution >= 4 is 0 Å². The quantitative estimate of drug-likeness (QED) is 0.566. The van der Waals surface area contributed by atoms with Crippen LogP contribution in [0.15, 0.2) is 48.5 Å². The number of rotatable bonds is 2. The molecule has 0 bridgehead atoms. The highest BCUT2D eigenvalue weighted by atomic mass is 14.8. The van der Waals surface area contributed by atoms with Crippen LogP contribution in [0.25, 0.3) is 0 Å². The van der Waals surface area contributed by atoms with Crippen molar-refractivity contribution in [1.82, 2.24) is 0 Å². The molecule has 0 amide bonds.